The van der Waals surface area contributed by atoms with Gasteiger partial charge in [0.2, 0.25) is 0 Å². The standard InChI is InChI=1S/C29H30N2O6.C29H32N2O4/c1-29(2,3)37-28(35)31-25(26(32)33)16-18-12-14-19(15-13-18)30-27(34)36-17-24-22-10-6-4-8-20(22)21-9-5-7-11-23(21)24;1-19(30-28(33)35-29(2,3)4)17-20-13-15-21(16-14-20)31-27(32)34-18-26-24-11-7-5-9-22(24)23-10-6-8-12-25(23)26/h4-15,24-25H,16-17H2,1-3H3,(H,30,34)(H,31,35)(H,32,33);5-16,19,26H,17-18H2,1-4H3,(H,30,33)(H,31,32)/t25-;19-/m01/s1. The maximum absolute atomic E-state index is 12.5. The second-order valence-electron chi connectivity index (χ2n) is 19.8. The number of hydrogen-bond acceptors (Lipinski definition) is 9. The Bertz CT molecular complexity index is 2800. The topological polar surface area (TPSA) is 191 Å². The Morgan fingerprint density at radius 3 is 1.15 bits per heavy atom. The minimum absolute atomic E-state index is 0.0227. The number of anilines is 2. The normalized spacial score (nSPS) is 13.3. The third kappa shape index (κ3) is 14.0. The molecule has 0 aliphatic heterocycles. The maximum Gasteiger partial charge on any atom is 0.411 e. The van der Waals surface area contributed by atoms with Crippen LogP contribution in [0.1, 0.15) is 93.7 Å². The first-order valence-electron chi connectivity index (χ1n) is 23.9. The number of amides is 4. The summed E-state index contributed by atoms with van der Waals surface area (Å²) in [6.07, 6.45) is -1.60. The van der Waals surface area contributed by atoms with Crippen LogP contribution in [0.4, 0.5) is 30.6 Å². The van der Waals surface area contributed by atoms with Crippen molar-refractivity contribution in [2.24, 2.45) is 0 Å². The first-order valence-corrected chi connectivity index (χ1v) is 23.9. The van der Waals surface area contributed by atoms with Gasteiger partial charge in [-0.05, 0) is 135 Å². The Labute approximate surface area is 420 Å². The highest BCUT2D eigenvalue weighted by atomic mass is 16.6. The van der Waals surface area contributed by atoms with E-state index in [-0.39, 0.29) is 37.5 Å². The molecule has 0 heterocycles. The predicted octanol–water partition coefficient (Wildman–Crippen LogP) is 12.1. The summed E-state index contributed by atoms with van der Waals surface area (Å²) in [4.78, 5) is 60.5. The molecule has 0 saturated heterocycles. The summed E-state index contributed by atoms with van der Waals surface area (Å²) in [6, 6.07) is 45.7. The van der Waals surface area contributed by atoms with Gasteiger partial charge in [-0.2, -0.15) is 0 Å². The summed E-state index contributed by atoms with van der Waals surface area (Å²) in [5.74, 6) is -1.19. The summed E-state index contributed by atoms with van der Waals surface area (Å²) >= 11 is 0. The molecule has 14 nitrogen and oxygen atoms in total. The van der Waals surface area contributed by atoms with E-state index in [1.807, 2.05) is 100 Å². The fourth-order valence-corrected chi connectivity index (χ4v) is 8.75. The monoisotopic (exact) mass is 974 g/mol. The van der Waals surface area contributed by atoms with Gasteiger partial charge < -0.3 is 34.7 Å². The second-order valence-corrected chi connectivity index (χ2v) is 19.8. The predicted molar refractivity (Wildman–Crippen MR) is 277 cm³/mol. The van der Waals surface area contributed by atoms with Crippen LogP contribution < -0.4 is 21.3 Å². The van der Waals surface area contributed by atoms with Crippen LogP contribution in [0, 0.1) is 0 Å². The molecule has 72 heavy (non-hydrogen) atoms. The summed E-state index contributed by atoms with van der Waals surface area (Å²) in [6.45, 7) is 13.0. The van der Waals surface area contributed by atoms with E-state index in [0.717, 1.165) is 27.8 Å². The lowest BCUT2D eigenvalue weighted by Gasteiger charge is -2.22. The highest BCUT2D eigenvalue weighted by Crippen LogP contribution is 2.45. The molecule has 0 fully saturated rings. The number of carbonyl (C=O) groups excluding carboxylic acids is 4. The van der Waals surface area contributed by atoms with Crippen molar-refractivity contribution in [1.82, 2.24) is 10.6 Å². The number of ether oxygens (including phenoxy) is 4. The van der Waals surface area contributed by atoms with Crippen molar-refractivity contribution in [2.45, 2.75) is 96.4 Å². The van der Waals surface area contributed by atoms with Gasteiger partial charge in [-0.25, -0.2) is 24.0 Å². The van der Waals surface area contributed by atoms with E-state index in [1.165, 1.54) is 22.3 Å². The fourth-order valence-electron chi connectivity index (χ4n) is 8.75. The van der Waals surface area contributed by atoms with Crippen molar-refractivity contribution in [3.05, 3.63) is 179 Å². The van der Waals surface area contributed by atoms with E-state index in [2.05, 4.69) is 69.8 Å². The molecule has 2 aliphatic rings. The molecule has 4 amide bonds. The fraction of sp³-hybridized carbons (Fsp3) is 0.293. The summed E-state index contributed by atoms with van der Waals surface area (Å²) < 4.78 is 21.6. The number of carboxylic acid groups (broad SMARTS) is 1. The molecular formula is C58H62N4O10. The quantitative estimate of drug-likeness (QED) is 0.0696. The molecule has 0 bridgehead atoms. The Morgan fingerprint density at radius 1 is 0.472 bits per heavy atom. The van der Waals surface area contributed by atoms with Crippen molar-refractivity contribution < 1.29 is 48.0 Å². The van der Waals surface area contributed by atoms with Crippen molar-refractivity contribution >= 4 is 41.7 Å². The number of aliphatic carboxylic acids is 1. The van der Waals surface area contributed by atoms with Crippen molar-refractivity contribution in [2.75, 3.05) is 23.8 Å². The molecule has 0 unspecified atom stereocenters. The van der Waals surface area contributed by atoms with Gasteiger partial charge in [0, 0.05) is 35.7 Å². The van der Waals surface area contributed by atoms with Gasteiger partial charge >= 0.3 is 30.3 Å². The summed E-state index contributed by atoms with van der Waals surface area (Å²) in [5, 5.41) is 20.2. The lowest BCUT2D eigenvalue weighted by molar-refractivity contribution is -0.139. The molecule has 2 aliphatic carbocycles. The third-order valence-corrected chi connectivity index (χ3v) is 11.8. The van der Waals surface area contributed by atoms with E-state index in [1.54, 1.807) is 45.0 Å². The second kappa shape index (κ2) is 22.7. The van der Waals surface area contributed by atoms with Crippen LogP contribution in [0.3, 0.4) is 0 Å². The zero-order valence-electron chi connectivity index (χ0n) is 41.6. The van der Waals surface area contributed by atoms with Crippen LogP contribution in [0.25, 0.3) is 22.3 Å². The van der Waals surface area contributed by atoms with Gasteiger partial charge in [0.25, 0.3) is 0 Å². The van der Waals surface area contributed by atoms with Gasteiger partial charge in [0.15, 0.2) is 0 Å². The zero-order chi connectivity index (χ0) is 51.6. The lowest BCUT2D eigenvalue weighted by Crippen LogP contribution is -2.44. The minimum atomic E-state index is -1.17. The summed E-state index contributed by atoms with van der Waals surface area (Å²) in [5.41, 5.74) is 10.9. The average molecular weight is 975 g/mol. The average Bonchev–Trinajstić information content (AvgIpc) is 3.82. The van der Waals surface area contributed by atoms with E-state index >= 15 is 0 Å². The number of carboxylic acids is 1. The first-order chi connectivity index (χ1) is 34.3. The Hall–Kier alpha value is -8.13. The van der Waals surface area contributed by atoms with E-state index in [0.29, 0.717) is 23.4 Å². The minimum Gasteiger partial charge on any atom is -0.480 e. The van der Waals surface area contributed by atoms with Crippen LogP contribution >= 0.6 is 0 Å². The molecule has 5 N–H and O–H groups in total. The maximum atomic E-state index is 12.5. The first kappa shape index (κ1) is 51.7. The molecular weight excluding hydrogens is 913 g/mol. The molecule has 374 valence electrons. The highest BCUT2D eigenvalue weighted by Gasteiger charge is 2.31. The molecule has 0 spiro atoms. The number of hydrogen-bond donors (Lipinski definition) is 5. The zero-order valence-corrected chi connectivity index (χ0v) is 41.6. The Balaban J connectivity index is 0.000000212. The van der Waals surface area contributed by atoms with Crippen LogP contribution in [-0.2, 0) is 36.6 Å². The van der Waals surface area contributed by atoms with Gasteiger partial charge in [-0.1, -0.05) is 121 Å². The molecule has 0 aromatic heterocycles. The molecule has 2 atom stereocenters. The van der Waals surface area contributed by atoms with Gasteiger partial charge in [-0.15, -0.1) is 0 Å². The van der Waals surface area contributed by atoms with Crippen LogP contribution in [-0.4, -0.2) is 71.9 Å². The summed E-state index contributed by atoms with van der Waals surface area (Å²) in [7, 11) is 0. The molecule has 14 heteroatoms. The molecule has 6 aromatic rings. The number of fused-ring (bicyclic) bond motifs is 6. The van der Waals surface area contributed by atoms with Crippen molar-refractivity contribution in [3.8, 4) is 22.3 Å². The Kier molecular flexibility index (Phi) is 16.3. The number of rotatable bonds is 13. The number of nitrogens with one attached hydrogen (secondary N) is 4. The van der Waals surface area contributed by atoms with Crippen LogP contribution in [0.2, 0.25) is 0 Å². The largest absolute Gasteiger partial charge is 0.480 e. The molecule has 6 aromatic carbocycles. The number of carbonyl (C=O) groups is 5. The molecule has 0 saturated carbocycles. The highest BCUT2D eigenvalue weighted by molar-refractivity contribution is 5.86. The van der Waals surface area contributed by atoms with Gasteiger partial charge in [0.05, 0.1) is 0 Å². The number of benzene rings is 6. The molecule has 0 radical (unpaired) electrons. The van der Waals surface area contributed by atoms with E-state index in [4.69, 9.17) is 18.9 Å². The molecule has 8 rings (SSSR count). The van der Waals surface area contributed by atoms with Gasteiger partial charge in [0.1, 0.15) is 30.5 Å². The van der Waals surface area contributed by atoms with Crippen molar-refractivity contribution in [3.63, 3.8) is 0 Å². The van der Waals surface area contributed by atoms with E-state index < -0.39 is 47.6 Å². The van der Waals surface area contributed by atoms with Crippen molar-refractivity contribution in [1.29, 1.82) is 0 Å². The van der Waals surface area contributed by atoms with Crippen LogP contribution in [0.15, 0.2) is 146 Å². The van der Waals surface area contributed by atoms with E-state index in [9.17, 15) is 29.1 Å². The Morgan fingerprint density at radius 2 is 0.806 bits per heavy atom. The van der Waals surface area contributed by atoms with Crippen LogP contribution in [0.5, 0.6) is 0 Å². The smallest absolute Gasteiger partial charge is 0.411 e. The number of alkyl carbamates (subject to hydrolysis) is 2. The lowest BCUT2D eigenvalue weighted by atomic mass is 9.98. The van der Waals surface area contributed by atoms with Gasteiger partial charge in [-0.3, -0.25) is 10.6 Å². The SMILES string of the molecule is CC(C)(C)OC(=O)N[C@@H](Cc1ccc(NC(=O)OCC2c3ccccc3-c3ccccc32)cc1)C(=O)O.C[C@H](Cc1ccc(NC(=O)OCC2c3ccccc3-c3ccccc32)cc1)NC(=O)OC(C)(C)C. The third-order valence-electron chi connectivity index (χ3n) is 11.8.